The summed E-state index contributed by atoms with van der Waals surface area (Å²) >= 11 is 0. The molecule has 0 aliphatic carbocycles. The molecule has 2 heterocycles. The highest BCUT2D eigenvalue weighted by Crippen LogP contribution is 2.26. The van der Waals surface area contributed by atoms with Crippen molar-refractivity contribution in [1.29, 1.82) is 0 Å². The molecule has 1 saturated heterocycles. The van der Waals surface area contributed by atoms with Crippen LogP contribution in [0.3, 0.4) is 0 Å². The molecule has 1 unspecified atom stereocenters. The summed E-state index contributed by atoms with van der Waals surface area (Å²) in [6.07, 6.45) is 3.01. The van der Waals surface area contributed by atoms with Gasteiger partial charge < -0.3 is 4.90 Å². The Morgan fingerprint density at radius 3 is 2.64 bits per heavy atom. The molecule has 3 rings (SSSR count). The molecule has 0 spiro atoms. The Hall–Kier alpha value is -2.25. The van der Waals surface area contributed by atoms with E-state index in [-0.39, 0.29) is 10.8 Å². The van der Waals surface area contributed by atoms with E-state index in [1.54, 1.807) is 55.3 Å². The first-order chi connectivity index (χ1) is 11.9. The quantitative estimate of drug-likeness (QED) is 0.890. The first-order valence-corrected chi connectivity index (χ1v) is 9.71. The number of benzene rings is 1. The number of anilines is 1. The van der Waals surface area contributed by atoms with Crippen LogP contribution < -0.4 is 9.62 Å². The zero-order chi connectivity index (χ0) is 18.0. The summed E-state index contributed by atoms with van der Waals surface area (Å²) in [7, 11) is -3.69. The molecule has 0 saturated carbocycles. The van der Waals surface area contributed by atoms with Gasteiger partial charge in [-0.15, -0.1) is 0 Å². The van der Waals surface area contributed by atoms with Gasteiger partial charge in [-0.25, -0.2) is 13.1 Å². The number of carbonyl (C=O) groups is 1. The van der Waals surface area contributed by atoms with Gasteiger partial charge in [-0.2, -0.15) is 0 Å². The molecule has 1 atom stereocenters. The fourth-order valence-corrected chi connectivity index (χ4v) is 4.46. The number of pyridine rings is 1. The molecule has 1 N–H and O–H groups in total. The third-order valence-corrected chi connectivity index (χ3v) is 6.00. The molecule has 1 amide bonds. The van der Waals surface area contributed by atoms with E-state index in [4.69, 9.17) is 0 Å². The Morgan fingerprint density at radius 1 is 1.24 bits per heavy atom. The number of hydrogen-bond acceptors (Lipinski definition) is 4. The maximum Gasteiger partial charge on any atom is 0.241 e. The number of nitrogens with zero attached hydrogens (tertiary/aromatic N) is 2. The Kier molecular flexibility index (Phi) is 4.87. The normalized spacial score (nSPS) is 16.2. The minimum Gasteiger partial charge on any atom is -0.312 e. The average Bonchev–Trinajstić information content (AvgIpc) is 3.01. The van der Waals surface area contributed by atoms with E-state index in [9.17, 15) is 13.2 Å². The predicted molar refractivity (Wildman–Crippen MR) is 95.7 cm³/mol. The van der Waals surface area contributed by atoms with E-state index in [0.29, 0.717) is 24.2 Å². The van der Waals surface area contributed by atoms with Crippen molar-refractivity contribution < 1.29 is 13.2 Å². The topological polar surface area (TPSA) is 79.4 Å². The van der Waals surface area contributed by atoms with Gasteiger partial charge in [0, 0.05) is 24.8 Å². The van der Waals surface area contributed by atoms with Gasteiger partial charge in [0.15, 0.2) is 0 Å². The molecular formula is C18H21N3O3S. The smallest absolute Gasteiger partial charge is 0.241 e. The summed E-state index contributed by atoms with van der Waals surface area (Å²) in [6.45, 7) is 4.18. The molecule has 6 nitrogen and oxygen atoms in total. The predicted octanol–water partition coefficient (Wildman–Crippen LogP) is 2.56. The maximum absolute atomic E-state index is 12.7. The van der Waals surface area contributed by atoms with E-state index >= 15 is 0 Å². The number of rotatable bonds is 5. The van der Waals surface area contributed by atoms with Crippen LogP contribution in [0.1, 0.15) is 37.1 Å². The van der Waals surface area contributed by atoms with Crippen LogP contribution in [-0.4, -0.2) is 25.9 Å². The average molecular weight is 359 g/mol. The third-order valence-electron chi connectivity index (χ3n) is 4.30. The van der Waals surface area contributed by atoms with E-state index in [0.717, 1.165) is 12.1 Å². The van der Waals surface area contributed by atoms with Crippen molar-refractivity contribution in [1.82, 2.24) is 9.71 Å². The van der Waals surface area contributed by atoms with E-state index in [1.807, 2.05) is 6.07 Å². The minimum atomic E-state index is -3.69. The molecule has 132 valence electrons. The molecule has 1 aliphatic rings. The van der Waals surface area contributed by atoms with Crippen LogP contribution in [0.25, 0.3) is 0 Å². The van der Waals surface area contributed by atoms with Crippen LogP contribution in [0.15, 0.2) is 47.5 Å². The molecule has 7 heteroatoms. The number of carbonyl (C=O) groups excluding carboxylic acids is 1. The number of hydrogen-bond donors (Lipinski definition) is 1. The fraction of sp³-hybridized carbons (Fsp3) is 0.333. The summed E-state index contributed by atoms with van der Waals surface area (Å²) < 4.78 is 28.1. The van der Waals surface area contributed by atoms with Gasteiger partial charge in [0.05, 0.1) is 16.6 Å². The van der Waals surface area contributed by atoms with Crippen molar-refractivity contribution >= 4 is 21.6 Å². The lowest BCUT2D eigenvalue weighted by molar-refractivity contribution is -0.117. The maximum atomic E-state index is 12.7. The summed E-state index contributed by atoms with van der Waals surface area (Å²) in [6, 6.07) is 9.95. The zero-order valence-corrected chi connectivity index (χ0v) is 15.1. The highest BCUT2D eigenvalue weighted by atomic mass is 32.2. The Morgan fingerprint density at radius 2 is 2.04 bits per heavy atom. The second-order valence-corrected chi connectivity index (χ2v) is 7.88. The van der Waals surface area contributed by atoms with E-state index in [2.05, 4.69) is 9.71 Å². The summed E-state index contributed by atoms with van der Waals surface area (Å²) in [5, 5.41) is 0. The largest absolute Gasteiger partial charge is 0.312 e. The van der Waals surface area contributed by atoms with Crippen LogP contribution in [0.5, 0.6) is 0 Å². The summed E-state index contributed by atoms with van der Waals surface area (Å²) in [4.78, 5) is 18.0. The molecule has 1 aromatic heterocycles. The third kappa shape index (κ3) is 3.72. The molecular weight excluding hydrogens is 338 g/mol. The first-order valence-electron chi connectivity index (χ1n) is 8.23. The second kappa shape index (κ2) is 6.93. The summed E-state index contributed by atoms with van der Waals surface area (Å²) in [5.74, 6) is 0.0805. The second-order valence-electron chi connectivity index (χ2n) is 6.20. The van der Waals surface area contributed by atoms with Gasteiger partial charge in [0.2, 0.25) is 15.9 Å². The fourth-order valence-electron chi connectivity index (χ4n) is 3.01. The lowest BCUT2D eigenvalue weighted by Gasteiger charge is -2.19. The van der Waals surface area contributed by atoms with Gasteiger partial charge in [-0.05, 0) is 56.2 Å². The van der Waals surface area contributed by atoms with Crippen LogP contribution >= 0.6 is 0 Å². The Bertz CT molecular complexity index is 882. The van der Waals surface area contributed by atoms with Gasteiger partial charge in [0.1, 0.15) is 0 Å². The van der Waals surface area contributed by atoms with E-state index < -0.39 is 16.1 Å². The van der Waals surface area contributed by atoms with Crippen molar-refractivity contribution in [2.24, 2.45) is 0 Å². The number of aromatic nitrogens is 1. The molecule has 1 aromatic carbocycles. The molecule has 0 radical (unpaired) electrons. The van der Waals surface area contributed by atoms with Crippen molar-refractivity contribution in [3.05, 3.63) is 53.9 Å². The Balaban J connectivity index is 1.84. The van der Waals surface area contributed by atoms with Gasteiger partial charge >= 0.3 is 0 Å². The first kappa shape index (κ1) is 17.6. The van der Waals surface area contributed by atoms with Crippen molar-refractivity contribution in [3.63, 3.8) is 0 Å². The van der Waals surface area contributed by atoms with Crippen LogP contribution in [-0.2, 0) is 14.8 Å². The number of nitrogens with one attached hydrogen (secondary N) is 1. The van der Waals surface area contributed by atoms with E-state index in [1.165, 1.54) is 0 Å². The molecule has 0 bridgehead atoms. The SMILES string of the molecule is Cc1cc(N2CCCC2=O)ccc1S(=O)(=O)NC(C)c1ccccn1. The lowest BCUT2D eigenvalue weighted by Crippen LogP contribution is -2.28. The van der Waals surface area contributed by atoms with Gasteiger partial charge in [0.25, 0.3) is 0 Å². The molecule has 25 heavy (non-hydrogen) atoms. The number of amides is 1. The van der Waals surface area contributed by atoms with Crippen LogP contribution in [0.2, 0.25) is 0 Å². The highest BCUT2D eigenvalue weighted by Gasteiger charge is 2.25. The van der Waals surface area contributed by atoms with Gasteiger partial charge in [-0.3, -0.25) is 9.78 Å². The van der Waals surface area contributed by atoms with Crippen LogP contribution in [0, 0.1) is 6.92 Å². The number of aryl methyl sites for hydroxylation is 1. The van der Waals surface area contributed by atoms with Crippen molar-refractivity contribution in [2.75, 3.05) is 11.4 Å². The molecule has 2 aromatic rings. The van der Waals surface area contributed by atoms with Crippen LogP contribution in [0.4, 0.5) is 5.69 Å². The Labute approximate surface area is 147 Å². The number of sulfonamides is 1. The highest BCUT2D eigenvalue weighted by molar-refractivity contribution is 7.89. The van der Waals surface area contributed by atoms with Gasteiger partial charge in [-0.1, -0.05) is 6.07 Å². The van der Waals surface area contributed by atoms with Crippen molar-refractivity contribution in [3.8, 4) is 0 Å². The molecule has 1 fully saturated rings. The van der Waals surface area contributed by atoms with Crippen molar-refractivity contribution in [2.45, 2.75) is 37.6 Å². The zero-order valence-electron chi connectivity index (χ0n) is 14.3. The molecule has 1 aliphatic heterocycles. The summed E-state index contributed by atoms with van der Waals surface area (Å²) in [5.41, 5.74) is 2.01. The lowest BCUT2D eigenvalue weighted by atomic mass is 10.2. The minimum absolute atomic E-state index is 0.0805. The monoisotopic (exact) mass is 359 g/mol. The standard InChI is InChI=1S/C18H21N3O3S/c1-13-12-15(21-11-5-7-18(21)22)8-9-17(13)25(23,24)20-14(2)16-6-3-4-10-19-16/h3-4,6,8-10,12,14,20H,5,7,11H2,1-2H3.